The van der Waals surface area contributed by atoms with Crippen molar-refractivity contribution >= 4 is 39.8 Å². The number of amides is 1. The smallest absolute Gasteiger partial charge is 0.341 e. The van der Waals surface area contributed by atoms with Gasteiger partial charge in [-0.1, -0.05) is 90.5 Å². The van der Waals surface area contributed by atoms with E-state index in [4.69, 9.17) is 16.3 Å². The van der Waals surface area contributed by atoms with E-state index in [1.807, 2.05) is 60.0 Å². The van der Waals surface area contributed by atoms with Crippen LogP contribution in [0.5, 0.6) is 0 Å². The fourth-order valence-electron chi connectivity index (χ4n) is 4.24. The van der Waals surface area contributed by atoms with Gasteiger partial charge in [0.15, 0.2) is 0 Å². The number of halogens is 1. The highest BCUT2D eigenvalue weighted by Gasteiger charge is 2.24. The molecule has 1 aromatic heterocycles. The second-order valence-corrected chi connectivity index (χ2v) is 10.1. The van der Waals surface area contributed by atoms with Gasteiger partial charge in [-0.05, 0) is 37.0 Å². The van der Waals surface area contributed by atoms with Crippen LogP contribution in [0, 0.1) is 0 Å². The Morgan fingerprint density at radius 1 is 0.842 bits per heavy atom. The van der Waals surface area contributed by atoms with Gasteiger partial charge in [0.05, 0.1) is 13.2 Å². The number of esters is 1. The number of benzene rings is 3. The molecule has 0 saturated carbocycles. The van der Waals surface area contributed by atoms with Gasteiger partial charge in [0, 0.05) is 34.6 Å². The molecule has 4 rings (SSSR count). The maximum absolute atomic E-state index is 13.3. The minimum absolute atomic E-state index is 0.177. The summed E-state index contributed by atoms with van der Waals surface area (Å²) >= 11 is 7.73. The SMILES string of the molecule is CCOC(=O)c1c(-c2ccccc2Cl)csc1NC(=O)CN(CCc1ccccc1)CCc1ccccc1. The molecule has 5 nitrogen and oxygen atoms in total. The van der Waals surface area contributed by atoms with Gasteiger partial charge in [0.1, 0.15) is 10.6 Å². The van der Waals surface area contributed by atoms with Crippen LogP contribution in [0.3, 0.4) is 0 Å². The van der Waals surface area contributed by atoms with Gasteiger partial charge in [0.25, 0.3) is 0 Å². The summed E-state index contributed by atoms with van der Waals surface area (Å²) in [5, 5.41) is 5.82. The van der Waals surface area contributed by atoms with E-state index in [9.17, 15) is 9.59 Å². The Hall–Kier alpha value is -3.45. The predicted octanol–water partition coefficient (Wildman–Crippen LogP) is 6.97. The molecule has 38 heavy (non-hydrogen) atoms. The molecule has 0 atom stereocenters. The highest BCUT2D eigenvalue weighted by molar-refractivity contribution is 7.15. The Morgan fingerprint density at radius 2 is 1.42 bits per heavy atom. The molecular formula is C31H31ClN2O3S. The third-order valence-electron chi connectivity index (χ3n) is 6.17. The molecule has 0 aliphatic rings. The first-order chi connectivity index (χ1) is 18.5. The maximum Gasteiger partial charge on any atom is 0.341 e. The van der Waals surface area contributed by atoms with E-state index in [-0.39, 0.29) is 19.1 Å². The molecule has 0 fully saturated rings. The number of nitrogens with zero attached hydrogens (tertiary/aromatic N) is 1. The number of nitrogens with one attached hydrogen (secondary N) is 1. The lowest BCUT2D eigenvalue weighted by atomic mass is 10.0. The molecule has 1 heterocycles. The number of hydrogen-bond donors (Lipinski definition) is 1. The summed E-state index contributed by atoms with van der Waals surface area (Å²) in [5.41, 5.74) is 4.16. The lowest BCUT2D eigenvalue weighted by molar-refractivity contribution is -0.117. The van der Waals surface area contributed by atoms with Crippen LogP contribution >= 0.6 is 22.9 Å². The van der Waals surface area contributed by atoms with E-state index in [0.29, 0.717) is 21.2 Å². The Balaban J connectivity index is 1.51. The molecule has 0 radical (unpaired) electrons. The van der Waals surface area contributed by atoms with Gasteiger partial charge in [0.2, 0.25) is 5.91 Å². The van der Waals surface area contributed by atoms with Crippen molar-refractivity contribution in [1.82, 2.24) is 4.90 Å². The van der Waals surface area contributed by atoms with Gasteiger partial charge in [-0.15, -0.1) is 11.3 Å². The van der Waals surface area contributed by atoms with Gasteiger partial charge in [-0.2, -0.15) is 0 Å². The average Bonchev–Trinajstić information content (AvgIpc) is 3.34. The first kappa shape index (κ1) is 27.6. The summed E-state index contributed by atoms with van der Waals surface area (Å²) in [6.07, 6.45) is 1.68. The summed E-state index contributed by atoms with van der Waals surface area (Å²) in [4.78, 5) is 28.4. The molecule has 0 aliphatic carbocycles. The fourth-order valence-corrected chi connectivity index (χ4v) is 5.44. The van der Waals surface area contributed by atoms with Crippen molar-refractivity contribution in [1.29, 1.82) is 0 Å². The lowest BCUT2D eigenvalue weighted by Gasteiger charge is -2.22. The van der Waals surface area contributed by atoms with Crippen LogP contribution in [0.2, 0.25) is 5.02 Å². The topological polar surface area (TPSA) is 58.6 Å². The van der Waals surface area contributed by atoms with Crippen molar-refractivity contribution in [2.45, 2.75) is 19.8 Å². The number of hydrogen-bond acceptors (Lipinski definition) is 5. The van der Waals surface area contributed by atoms with Crippen LogP contribution in [-0.4, -0.2) is 43.0 Å². The summed E-state index contributed by atoms with van der Waals surface area (Å²) in [7, 11) is 0. The molecule has 0 saturated heterocycles. The quantitative estimate of drug-likeness (QED) is 0.195. The predicted molar refractivity (Wildman–Crippen MR) is 156 cm³/mol. The highest BCUT2D eigenvalue weighted by atomic mass is 35.5. The molecule has 0 bridgehead atoms. The number of carbonyl (C=O) groups excluding carboxylic acids is 2. The van der Waals surface area contributed by atoms with Crippen molar-refractivity contribution in [3.8, 4) is 11.1 Å². The van der Waals surface area contributed by atoms with Crippen LogP contribution in [-0.2, 0) is 22.4 Å². The number of thiophene rings is 1. The second kappa shape index (κ2) is 13.9. The van der Waals surface area contributed by atoms with E-state index in [2.05, 4.69) is 34.5 Å². The highest BCUT2D eigenvalue weighted by Crippen LogP contribution is 2.39. The van der Waals surface area contributed by atoms with Gasteiger partial charge >= 0.3 is 5.97 Å². The normalized spacial score (nSPS) is 10.9. The monoisotopic (exact) mass is 546 g/mol. The number of ether oxygens (including phenoxy) is 1. The molecule has 7 heteroatoms. The lowest BCUT2D eigenvalue weighted by Crippen LogP contribution is -2.36. The van der Waals surface area contributed by atoms with E-state index in [1.165, 1.54) is 22.5 Å². The fraction of sp³-hybridized carbons (Fsp3) is 0.226. The Morgan fingerprint density at radius 3 is 2.00 bits per heavy atom. The summed E-state index contributed by atoms with van der Waals surface area (Å²) < 4.78 is 5.33. The Kier molecular flexibility index (Phi) is 10.1. The first-order valence-electron chi connectivity index (χ1n) is 12.7. The first-order valence-corrected chi connectivity index (χ1v) is 13.9. The van der Waals surface area contributed by atoms with E-state index in [0.717, 1.165) is 31.5 Å². The summed E-state index contributed by atoms with van der Waals surface area (Å²) in [6, 6.07) is 27.9. The van der Waals surface area contributed by atoms with Crippen molar-refractivity contribution < 1.29 is 14.3 Å². The molecule has 0 spiro atoms. The minimum atomic E-state index is -0.482. The van der Waals surface area contributed by atoms with Gasteiger partial charge < -0.3 is 10.1 Å². The zero-order valence-electron chi connectivity index (χ0n) is 21.4. The molecule has 1 amide bonds. The van der Waals surface area contributed by atoms with E-state index in [1.54, 1.807) is 13.0 Å². The molecule has 3 aromatic carbocycles. The third-order valence-corrected chi connectivity index (χ3v) is 7.40. The number of anilines is 1. The minimum Gasteiger partial charge on any atom is -0.462 e. The molecule has 0 aliphatic heterocycles. The molecular weight excluding hydrogens is 516 g/mol. The maximum atomic E-state index is 13.3. The summed E-state index contributed by atoms with van der Waals surface area (Å²) in [6.45, 7) is 3.68. The molecule has 196 valence electrons. The Labute approximate surface area is 233 Å². The van der Waals surface area contributed by atoms with Crippen molar-refractivity contribution in [3.63, 3.8) is 0 Å². The summed E-state index contributed by atoms with van der Waals surface area (Å²) in [5.74, 6) is -0.659. The van der Waals surface area contributed by atoms with Crippen molar-refractivity contribution in [2.75, 3.05) is 31.6 Å². The van der Waals surface area contributed by atoms with Crippen molar-refractivity contribution in [2.24, 2.45) is 0 Å². The van der Waals surface area contributed by atoms with Crippen LogP contribution in [0.25, 0.3) is 11.1 Å². The number of carbonyl (C=O) groups is 2. The van der Waals surface area contributed by atoms with Crippen LogP contribution in [0.4, 0.5) is 5.00 Å². The van der Waals surface area contributed by atoms with Gasteiger partial charge in [-0.3, -0.25) is 9.69 Å². The molecule has 1 N–H and O–H groups in total. The van der Waals surface area contributed by atoms with Crippen LogP contribution in [0.1, 0.15) is 28.4 Å². The molecule has 0 unspecified atom stereocenters. The number of rotatable bonds is 12. The van der Waals surface area contributed by atoms with Crippen molar-refractivity contribution in [3.05, 3.63) is 112 Å². The third kappa shape index (κ3) is 7.54. The average molecular weight is 547 g/mol. The molecule has 4 aromatic rings. The van der Waals surface area contributed by atoms with E-state index >= 15 is 0 Å². The van der Waals surface area contributed by atoms with E-state index < -0.39 is 5.97 Å². The zero-order chi connectivity index (χ0) is 26.7. The zero-order valence-corrected chi connectivity index (χ0v) is 22.9. The second-order valence-electron chi connectivity index (χ2n) is 8.85. The van der Waals surface area contributed by atoms with Crippen LogP contribution < -0.4 is 5.32 Å². The largest absolute Gasteiger partial charge is 0.462 e. The Bertz CT molecular complexity index is 1300. The van der Waals surface area contributed by atoms with Crippen LogP contribution in [0.15, 0.2) is 90.3 Å². The standard InChI is InChI=1S/C31H31ClN2O3S/c1-2-37-31(36)29-26(25-15-9-10-16-27(25)32)22-38-30(29)33-28(35)21-34(19-17-23-11-5-3-6-12-23)20-18-24-13-7-4-8-14-24/h3-16,22H,2,17-21H2,1H3,(H,33,35). The van der Waals surface area contributed by atoms with Gasteiger partial charge in [-0.25, -0.2) is 4.79 Å².